The molecular formula is C20H15Cl2FN2O3S. The van der Waals surface area contributed by atoms with Gasteiger partial charge in [0, 0.05) is 22.0 Å². The Balaban J connectivity index is 1.85. The molecule has 0 aliphatic rings. The monoisotopic (exact) mass is 452 g/mol. The lowest BCUT2D eigenvalue weighted by Crippen LogP contribution is -2.16. The highest BCUT2D eigenvalue weighted by Crippen LogP contribution is 2.27. The zero-order valence-electron chi connectivity index (χ0n) is 15.0. The van der Waals surface area contributed by atoms with Crippen LogP contribution in [0.25, 0.3) is 0 Å². The van der Waals surface area contributed by atoms with E-state index in [4.69, 9.17) is 23.2 Å². The zero-order chi connectivity index (χ0) is 21.2. The van der Waals surface area contributed by atoms with E-state index in [1.807, 2.05) is 0 Å². The molecule has 3 aromatic rings. The Hall–Kier alpha value is -2.61. The molecule has 0 saturated heterocycles. The van der Waals surface area contributed by atoms with Gasteiger partial charge in [0.2, 0.25) is 0 Å². The van der Waals surface area contributed by atoms with Gasteiger partial charge in [-0.15, -0.1) is 0 Å². The molecule has 0 aliphatic carbocycles. The van der Waals surface area contributed by atoms with Crippen molar-refractivity contribution in [3.63, 3.8) is 0 Å². The molecule has 150 valence electrons. The first kappa shape index (κ1) is 21.1. The molecule has 1 amide bonds. The van der Waals surface area contributed by atoms with Gasteiger partial charge in [0.05, 0.1) is 5.02 Å². The third-order valence-electron chi connectivity index (χ3n) is 4.01. The molecule has 5 nitrogen and oxygen atoms in total. The molecule has 29 heavy (non-hydrogen) atoms. The fourth-order valence-electron chi connectivity index (χ4n) is 2.54. The molecule has 0 aliphatic heterocycles. The standard InChI is InChI=1S/C20H15Cl2FN2O3S/c1-12-5-7-15(23)11-18(12)24-20(26)13-3-2-4-16(9-13)25-29(27,28)19-10-14(21)6-8-17(19)22/h2-11,25H,1H3,(H,24,26). The molecular weight excluding hydrogens is 438 g/mol. The number of hydrogen-bond donors (Lipinski definition) is 2. The first-order valence-electron chi connectivity index (χ1n) is 8.31. The van der Waals surface area contributed by atoms with Crippen molar-refractivity contribution in [2.75, 3.05) is 10.0 Å². The van der Waals surface area contributed by atoms with Crippen LogP contribution in [0.5, 0.6) is 0 Å². The summed E-state index contributed by atoms with van der Waals surface area (Å²) in [5.41, 5.74) is 1.36. The topological polar surface area (TPSA) is 75.3 Å². The molecule has 3 aromatic carbocycles. The predicted octanol–water partition coefficient (Wildman–Crippen LogP) is 5.49. The minimum Gasteiger partial charge on any atom is -0.322 e. The first-order valence-corrected chi connectivity index (χ1v) is 10.5. The largest absolute Gasteiger partial charge is 0.322 e. The molecule has 0 saturated carbocycles. The van der Waals surface area contributed by atoms with Gasteiger partial charge >= 0.3 is 0 Å². The van der Waals surface area contributed by atoms with Crippen LogP contribution in [0.15, 0.2) is 65.6 Å². The van der Waals surface area contributed by atoms with Crippen molar-refractivity contribution < 1.29 is 17.6 Å². The van der Waals surface area contributed by atoms with Crippen LogP contribution in [0.4, 0.5) is 15.8 Å². The van der Waals surface area contributed by atoms with Crippen LogP contribution in [0.2, 0.25) is 10.0 Å². The van der Waals surface area contributed by atoms with Crippen LogP contribution in [0, 0.1) is 12.7 Å². The summed E-state index contributed by atoms with van der Waals surface area (Å²) in [4.78, 5) is 12.3. The number of carbonyl (C=O) groups excluding carboxylic acids is 1. The average Bonchev–Trinajstić information content (AvgIpc) is 2.66. The zero-order valence-corrected chi connectivity index (χ0v) is 17.4. The van der Waals surface area contributed by atoms with Crippen molar-refractivity contribution in [2.24, 2.45) is 0 Å². The van der Waals surface area contributed by atoms with E-state index in [1.165, 1.54) is 54.6 Å². The second kappa shape index (κ2) is 8.41. The van der Waals surface area contributed by atoms with E-state index in [9.17, 15) is 17.6 Å². The molecule has 0 atom stereocenters. The molecule has 0 unspecified atom stereocenters. The van der Waals surface area contributed by atoms with E-state index in [0.717, 1.165) is 0 Å². The highest BCUT2D eigenvalue weighted by molar-refractivity contribution is 7.92. The Kier molecular flexibility index (Phi) is 6.12. The summed E-state index contributed by atoms with van der Waals surface area (Å²) in [6.07, 6.45) is 0. The fourth-order valence-corrected chi connectivity index (χ4v) is 4.35. The summed E-state index contributed by atoms with van der Waals surface area (Å²) in [5, 5.41) is 2.84. The van der Waals surface area contributed by atoms with Crippen molar-refractivity contribution in [2.45, 2.75) is 11.8 Å². The highest BCUT2D eigenvalue weighted by Gasteiger charge is 2.19. The number of benzene rings is 3. The van der Waals surface area contributed by atoms with Gasteiger partial charge in [-0.25, -0.2) is 12.8 Å². The van der Waals surface area contributed by atoms with Gasteiger partial charge in [-0.3, -0.25) is 9.52 Å². The molecule has 0 bridgehead atoms. The summed E-state index contributed by atoms with van der Waals surface area (Å²) in [6.45, 7) is 1.73. The van der Waals surface area contributed by atoms with Crippen LogP contribution in [-0.4, -0.2) is 14.3 Å². The fraction of sp³-hybridized carbons (Fsp3) is 0.0500. The Morgan fingerprint density at radius 1 is 1.00 bits per heavy atom. The maximum Gasteiger partial charge on any atom is 0.263 e. The third-order valence-corrected chi connectivity index (χ3v) is 6.11. The maximum atomic E-state index is 13.4. The summed E-state index contributed by atoms with van der Waals surface area (Å²) in [6, 6.07) is 14.0. The molecule has 0 fully saturated rings. The molecule has 0 spiro atoms. The van der Waals surface area contributed by atoms with Gasteiger partial charge in [-0.1, -0.05) is 35.3 Å². The number of hydrogen-bond acceptors (Lipinski definition) is 3. The van der Waals surface area contributed by atoms with Gasteiger partial charge in [-0.05, 0) is 61.0 Å². The summed E-state index contributed by atoms with van der Waals surface area (Å²) in [5.74, 6) is -0.994. The highest BCUT2D eigenvalue weighted by atomic mass is 35.5. The normalized spacial score (nSPS) is 11.2. The minimum absolute atomic E-state index is 0.0115. The minimum atomic E-state index is -4.03. The average molecular weight is 453 g/mol. The van der Waals surface area contributed by atoms with Gasteiger partial charge in [-0.2, -0.15) is 0 Å². The Morgan fingerprint density at radius 3 is 2.52 bits per heavy atom. The van der Waals surface area contributed by atoms with E-state index >= 15 is 0 Å². The van der Waals surface area contributed by atoms with E-state index in [2.05, 4.69) is 10.0 Å². The van der Waals surface area contributed by atoms with Gasteiger partial charge in [0.25, 0.3) is 15.9 Å². The maximum absolute atomic E-state index is 13.4. The number of sulfonamides is 1. The van der Waals surface area contributed by atoms with Crippen molar-refractivity contribution in [1.29, 1.82) is 0 Å². The smallest absolute Gasteiger partial charge is 0.263 e. The van der Waals surface area contributed by atoms with Gasteiger partial charge in [0.15, 0.2) is 0 Å². The van der Waals surface area contributed by atoms with Gasteiger partial charge in [0.1, 0.15) is 10.7 Å². The van der Waals surface area contributed by atoms with E-state index in [1.54, 1.807) is 13.0 Å². The number of halogens is 3. The summed E-state index contributed by atoms with van der Waals surface area (Å²) >= 11 is 11.8. The van der Waals surface area contributed by atoms with Crippen molar-refractivity contribution in [3.8, 4) is 0 Å². The lowest BCUT2D eigenvalue weighted by Gasteiger charge is -2.12. The second-order valence-corrected chi connectivity index (χ2v) is 8.67. The van der Waals surface area contributed by atoms with E-state index in [0.29, 0.717) is 11.3 Å². The van der Waals surface area contributed by atoms with E-state index in [-0.39, 0.29) is 26.2 Å². The second-order valence-electron chi connectivity index (χ2n) is 6.17. The molecule has 0 heterocycles. The number of carbonyl (C=O) groups is 1. The molecule has 3 rings (SSSR count). The third kappa shape index (κ3) is 5.06. The Labute approximate surface area is 177 Å². The first-order chi connectivity index (χ1) is 13.7. The van der Waals surface area contributed by atoms with Crippen LogP contribution in [-0.2, 0) is 10.0 Å². The lowest BCUT2D eigenvalue weighted by atomic mass is 10.1. The SMILES string of the molecule is Cc1ccc(F)cc1NC(=O)c1cccc(NS(=O)(=O)c2cc(Cl)ccc2Cl)c1. The molecule has 0 aromatic heterocycles. The van der Waals surface area contributed by atoms with Crippen molar-refractivity contribution >= 4 is 50.5 Å². The van der Waals surface area contributed by atoms with Crippen molar-refractivity contribution in [3.05, 3.63) is 87.7 Å². The van der Waals surface area contributed by atoms with Crippen LogP contribution in [0.1, 0.15) is 15.9 Å². The molecule has 2 N–H and O–H groups in total. The predicted molar refractivity (Wildman–Crippen MR) is 113 cm³/mol. The summed E-state index contributed by atoms with van der Waals surface area (Å²) in [7, 11) is -4.03. The van der Waals surface area contributed by atoms with E-state index < -0.39 is 21.7 Å². The van der Waals surface area contributed by atoms with Crippen LogP contribution >= 0.6 is 23.2 Å². The number of amides is 1. The number of nitrogens with one attached hydrogen (secondary N) is 2. The van der Waals surface area contributed by atoms with Gasteiger partial charge < -0.3 is 5.32 Å². The molecule has 9 heteroatoms. The lowest BCUT2D eigenvalue weighted by molar-refractivity contribution is 0.102. The van der Waals surface area contributed by atoms with Crippen LogP contribution < -0.4 is 10.0 Å². The number of aryl methyl sites for hydroxylation is 1. The number of rotatable bonds is 5. The Bertz CT molecular complexity index is 1200. The Morgan fingerprint density at radius 2 is 1.76 bits per heavy atom. The van der Waals surface area contributed by atoms with Crippen LogP contribution in [0.3, 0.4) is 0 Å². The quantitative estimate of drug-likeness (QED) is 0.536. The summed E-state index contributed by atoms with van der Waals surface area (Å²) < 4.78 is 41.1. The number of anilines is 2. The molecule has 0 radical (unpaired) electrons. The van der Waals surface area contributed by atoms with Crippen molar-refractivity contribution in [1.82, 2.24) is 0 Å².